The number of carbonyl (C=O) groups excluding carboxylic acids is 1. The highest BCUT2D eigenvalue weighted by Crippen LogP contribution is 2.35. The van der Waals surface area contributed by atoms with Crippen molar-refractivity contribution in [2.75, 3.05) is 12.3 Å². The zero-order valence-corrected chi connectivity index (χ0v) is 15.7. The van der Waals surface area contributed by atoms with Crippen molar-refractivity contribution >= 4 is 34.1 Å². The number of esters is 1. The van der Waals surface area contributed by atoms with E-state index < -0.39 is 5.97 Å². The summed E-state index contributed by atoms with van der Waals surface area (Å²) in [6, 6.07) is 7.67. The molecule has 0 atom stereocenters. The molecule has 0 aliphatic carbocycles. The molecule has 0 fully saturated rings. The van der Waals surface area contributed by atoms with E-state index in [1.54, 1.807) is 6.92 Å². The first-order chi connectivity index (χ1) is 13.0. The molecule has 27 heavy (non-hydrogen) atoms. The Bertz CT molecular complexity index is 1010. The van der Waals surface area contributed by atoms with Crippen LogP contribution in [0.2, 0.25) is 0 Å². The number of halogens is 1. The number of ether oxygens (including phenoxy) is 1. The van der Waals surface area contributed by atoms with Gasteiger partial charge in [0.15, 0.2) is 0 Å². The highest BCUT2D eigenvalue weighted by Gasteiger charge is 2.23. The Balaban J connectivity index is 1.80. The van der Waals surface area contributed by atoms with Gasteiger partial charge in [-0.25, -0.2) is 9.18 Å². The predicted octanol–water partition coefficient (Wildman–Crippen LogP) is 3.86. The number of nitrogens with zero attached hydrogens (tertiary/aromatic N) is 3. The molecule has 7 nitrogen and oxygen atoms in total. The molecule has 0 amide bonds. The second-order valence-corrected chi connectivity index (χ2v) is 7.13. The number of nitrogen functional groups attached to an aromatic ring is 1. The van der Waals surface area contributed by atoms with Crippen LogP contribution in [0.25, 0.3) is 11.5 Å². The largest absolute Gasteiger partial charge is 0.462 e. The van der Waals surface area contributed by atoms with Crippen LogP contribution >= 0.6 is 23.1 Å². The predicted molar refractivity (Wildman–Crippen MR) is 98.7 cm³/mol. The highest BCUT2D eigenvalue weighted by molar-refractivity contribution is 7.98. The van der Waals surface area contributed by atoms with E-state index in [0.29, 0.717) is 11.1 Å². The number of hydrogen-bond acceptors (Lipinski definition) is 9. The number of benzene rings is 1. The Morgan fingerprint density at radius 3 is 2.81 bits per heavy atom. The van der Waals surface area contributed by atoms with Crippen LogP contribution in [0.1, 0.15) is 27.7 Å². The van der Waals surface area contributed by atoms with Gasteiger partial charge >= 0.3 is 5.97 Å². The molecule has 10 heteroatoms. The lowest BCUT2D eigenvalue weighted by Crippen LogP contribution is -2.05. The Hall–Kier alpha value is -2.90. The molecule has 1 aromatic carbocycles. The summed E-state index contributed by atoms with van der Waals surface area (Å²) in [6.45, 7) is 1.92. The number of nitrogens with two attached hydrogens (primary N) is 1. The monoisotopic (exact) mass is 404 g/mol. The molecule has 138 valence electrons. The lowest BCUT2D eigenvalue weighted by molar-refractivity contribution is 0.0531. The summed E-state index contributed by atoms with van der Waals surface area (Å²) < 4.78 is 23.6. The van der Waals surface area contributed by atoms with Crippen LogP contribution in [0.4, 0.5) is 9.39 Å². The Morgan fingerprint density at radius 1 is 1.41 bits per heavy atom. The second kappa shape index (κ2) is 8.20. The number of aromatic nitrogens is 2. The van der Waals surface area contributed by atoms with Crippen molar-refractivity contribution in [2.45, 2.75) is 17.9 Å². The molecule has 0 radical (unpaired) electrons. The molecule has 2 aromatic heterocycles. The minimum Gasteiger partial charge on any atom is -0.462 e. The van der Waals surface area contributed by atoms with Gasteiger partial charge in [0.05, 0.1) is 12.2 Å². The van der Waals surface area contributed by atoms with E-state index in [4.69, 9.17) is 14.9 Å². The molecule has 0 bridgehead atoms. The Labute approximate surface area is 162 Å². The van der Waals surface area contributed by atoms with Crippen molar-refractivity contribution in [3.63, 3.8) is 0 Å². The molecule has 0 aliphatic heterocycles. The summed E-state index contributed by atoms with van der Waals surface area (Å²) in [5.74, 6) is -0.411. The van der Waals surface area contributed by atoms with Crippen LogP contribution in [0.3, 0.4) is 0 Å². The second-order valence-electron chi connectivity index (χ2n) is 5.15. The van der Waals surface area contributed by atoms with Gasteiger partial charge in [-0.05, 0) is 31.2 Å². The standard InChI is InChI=1S/C17H13FN4O3S2/c1-2-24-16(23)13-12(11(7-19)14(20)27-13)8-26-17-22-21-15(25-17)9-3-5-10(18)6-4-9/h3-6H,2,8,20H2,1H3. The van der Waals surface area contributed by atoms with Gasteiger partial charge in [0.25, 0.3) is 5.22 Å². The summed E-state index contributed by atoms with van der Waals surface area (Å²) in [5.41, 5.74) is 7.15. The van der Waals surface area contributed by atoms with Gasteiger partial charge in [-0.2, -0.15) is 5.26 Å². The molecule has 2 N–H and O–H groups in total. The van der Waals surface area contributed by atoms with Gasteiger partial charge in [-0.15, -0.1) is 21.5 Å². The lowest BCUT2D eigenvalue weighted by Gasteiger charge is -2.02. The number of nitriles is 1. The molecule has 2 heterocycles. The molecule has 3 rings (SSSR count). The van der Waals surface area contributed by atoms with Crippen LogP contribution < -0.4 is 5.73 Å². The first kappa shape index (κ1) is 18.9. The molecule has 0 saturated heterocycles. The molecular weight excluding hydrogens is 391 g/mol. The van der Waals surface area contributed by atoms with E-state index in [1.807, 2.05) is 6.07 Å². The highest BCUT2D eigenvalue weighted by atomic mass is 32.2. The Kier molecular flexibility index (Phi) is 5.73. The fourth-order valence-electron chi connectivity index (χ4n) is 2.22. The maximum Gasteiger partial charge on any atom is 0.348 e. The van der Waals surface area contributed by atoms with Crippen LogP contribution in [-0.2, 0) is 10.5 Å². The maximum absolute atomic E-state index is 13.0. The normalized spacial score (nSPS) is 10.6. The molecule has 0 saturated carbocycles. The zero-order chi connectivity index (χ0) is 19.4. The number of carbonyl (C=O) groups is 1. The quantitative estimate of drug-likeness (QED) is 0.486. The first-order valence-corrected chi connectivity index (χ1v) is 9.54. The SMILES string of the molecule is CCOC(=O)c1sc(N)c(C#N)c1CSc1nnc(-c2ccc(F)cc2)o1. The maximum atomic E-state index is 13.0. The average Bonchev–Trinajstić information content (AvgIpc) is 3.25. The molecule has 0 spiro atoms. The van der Waals surface area contributed by atoms with E-state index >= 15 is 0 Å². The lowest BCUT2D eigenvalue weighted by atomic mass is 10.2. The third-order valence-corrected chi connectivity index (χ3v) is 5.33. The summed E-state index contributed by atoms with van der Waals surface area (Å²) in [6.07, 6.45) is 0. The first-order valence-electron chi connectivity index (χ1n) is 7.74. The van der Waals surface area contributed by atoms with Gasteiger partial charge in [-0.1, -0.05) is 11.8 Å². The summed E-state index contributed by atoms with van der Waals surface area (Å²) in [4.78, 5) is 12.4. The number of hydrogen-bond donors (Lipinski definition) is 1. The van der Waals surface area contributed by atoms with Gasteiger partial charge in [0.1, 0.15) is 21.8 Å². The molecule has 3 aromatic rings. The van der Waals surface area contributed by atoms with Gasteiger partial charge in [-0.3, -0.25) is 0 Å². The number of thiophene rings is 1. The van der Waals surface area contributed by atoms with Crippen molar-refractivity contribution in [3.8, 4) is 17.5 Å². The fraction of sp³-hybridized carbons (Fsp3) is 0.176. The number of thioether (sulfide) groups is 1. The molecular formula is C17H13FN4O3S2. The number of anilines is 1. The summed E-state index contributed by atoms with van der Waals surface area (Å²) in [7, 11) is 0. The van der Waals surface area contributed by atoms with Gasteiger partial charge < -0.3 is 14.9 Å². The topological polar surface area (TPSA) is 115 Å². The summed E-state index contributed by atoms with van der Waals surface area (Å²) >= 11 is 2.18. The van der Waals surface area contributed by atoms with Crippen LogP contribution in [0.15, 0.2) is 33.9 Å². The molecule has 0 aliphatic rings. The van der Waals surface area contributed by atoms with Crippen LogP contribution in [-0.4, -0.2) is 22.8 Å². The van der Waals surface area contributed by atoms with Crippen molar-refractivity contribution < 1.29 is 18.3 Å². The summed E-state index contributed by atoms with van der Waals surface area (Å²) in [5, 5.41) is 17.7. The number of rotatable bonds is 6. The Morgan fingerprint density at radius 2 is 2.15 bits per heavy atom. The minimum atomic E-state index is -0.524. The van der Waals surface area contributed by atoms with Crippen molar-refractivity contribution in [1.29, 1.82) is 5.26 Å². The fourth-order valence-corrected chi connectivity index (χ4v) is 4.03. The average molecular weight is 404 g/mol. The minimum absolute atomic E-state index is 0.218. The third kappa shape index (κ3) is 4.10. The van der Waals surface area contributed by atoms with Crippen molar-refractivity contribution in [3.05, 3.63) is 46.1 Å². The van der Waals surface area contributed by atoms with Gasteiger partial charge in [0, 0.05) is 16.9 Å². The van der Waals surface area contributed by atoms with E-state index in [0.717, 1.165) is 23.1 Å². The smallest absolute Gasteiger partial charge is 0.348 e. The van der Waals surface area contributed by atoms with E-state index in [1.165, 1.54) is 24.3 Å². The van der Waals surface area contributed by atoms with E-state index in [9.17, 15) is 14.4 Å². The van der Waals surface area contributed by atoms with Crippen LogP contribution in [0, 0.1) is 17.1 Å². The van der Waals surface area contributed by atoms with Crippen molar-refractivity contribution in [2.24, 2.45) is 0 Å². The zero-order valence-electron chi connectivity index (χ0n) is 14.1. The van der Waals surface area contributed by atoms with Gasteiger partial charge in [0.2, 0.25) is 5.89 Å². The third-order valence-electron chi connectivity index (χ3n) is 3.44. The van der Waals surface area contributed by atoms with Crippen molar-refractivity contribution in [1.82, 2.24) is 10.2 Å². The van der Waals surface area contributed by atoms with Crippen LogP contribution in [0.5, 0.6) is 0 Å². The van der Waals surface area contributed by atoms with E-state index in [-0.39, 0.29) is 44.7 Å². The molecule has 0 unspecified atom stereocenters. The van der Waals surface area contributed by atoms with E-state index in [2.05, 4.69) is 10.2 Å².